The van der Waals surface area contributed by atoms with E-state index in [2.05, 4.69) is 4.99 Å². The van der Waals surface area contributed by atoms with Gasteiger partial charge in [0.25, 0.3) is 0 Å². The van der Waals surface area contributed by atoms with Gasteiger partial charge in [-0.3, -0.25) is 4.79 Å². The second-order valence-electron chi connectivity index (χ2n) is 2.51. The minimum absolute atomic E-state index is 0.143. The number of isocyanates is 1. The van der Waals surface area contributed by atoms with Gasteiger partial charge in [-0.05, 0) is 24.3 Å². The van der Waals surface area contributed by atoms with E-state index in [1.807, 2.05) is 0 Å². The van der Waals surface area contributed by atoms with Gasteiger partial charge in [0.1, 0.15) is 0 Å². The highest BCUT2D eigenvalue weighted by Gasteiger charge is 2.03. The molecule has 4 nitrogen and oxygen atoms in total. The van der Waals surface area contributed by atoms with Crippen LogP contribution in [0.1, 0.15) is 16.8 Å². The van der Waals surface area contributed by atoms with E-state index < -0.39 is 0 Å². The highest BCUT2D eigenvalue weighted by molar-refractivity contribution is 5.97. The normalized spacial score (nSPS) is 8.50. The Balaban J connectivity index is 2.89. The lowest BCUT2D eigenvalue weighted by atomic mass is 10.1. The Hall–Kier alpha value is -2.24. The van der Waals surface area contributed by atoms with Crippen LogP contribution in [0.4, 0.5) is 5.69 Å². The second kappa shape index (κ2) is 4.70. The fourth-order valence-corrected chi connectivity index (χ4v) is 0.948. The van der Waals surface area contributed by atoms with Gasteiger partial charge in [-0.15, -0.1) is 0 Å². The minimum Gasteiger partial charge on any atom is -0.293 e. The van der Waals surface area contributed by atoms with Crippen molar-refractivity contribution in [2.45, 2.75) is 6.42 Å². The summed E-state index contributed by atoms with van der Waals surface area (Å²) < 4.78 is 0. The zero-order valence-electron chi connectivity index (χ0n) is 7.23. The molecule has 68 valence electrons. The van der Waals surface area contributed by atoms with Crippen molar-refractivity contribution >= 4 is 17.6 Å². The number of hydrogen-bond acceptors (Lipinski definition) is 4. The average Bonchev–Trinajstić information content (AvgIpc) is 2.20. The van der Waals surface area contributed by atoms with Gasteiger partial charge in [0, 0.05) is 5.56 Å². The van der Waals surface area contributed by atoms with Crippen LogP contribution in [0.3, 0.4) is 0 Å². The smallest absolute Gasteiger partial charge is 0.240 e. The van der Waals surface area contributed by atoms with Crippen molar-refractivity contribution in [3.8, 4) is 6.07 Å². The predicted molar refractivity (Wildman–Crippen MR) is 48.8 cm³/mol. The summed E-state index contributed by atoms with van der Waals surface area (Å²) in [6, 6.07) is 7.86. The van der Waals surface area contributed by atoms with Crippen molar-refractivity contribution in [3.05, 3.63) is 29.8 Å². The Bertz CT molecular complexity index is 422. The summed E-state index contributed by atoms with van der Waals surface area (Å²) in [7, 11) is 0. The van der Waals surface area contributed by atoms with Crippen LogP contribution in [-0.2, 0) is 4.79 Å². The number of aliphatic imine (C=N–C) groups is 1. The number of carbonyl (C=O) groups excluding carboxylic acids is 2. The maximum absolute atomic E-state index is 11.2. The van der Waals surface area contributed by atoms with Gasteiger partial charge in [-0.1, -0.05) is 0 Å². The molecular weight excluding hydrogens is 180 g/mol. The number of Topliss-reactive ketones (excluding diaryl/α,β-unsaturated/α-hetero) is 1. The van der Waals surface area contributed by atoms with Crippen molar-refractivity contribution in [2.75, 3.05) is 0 Å². The van der Waals surface area contributed by atoms with Crippen LogP contribution in [0.15, 0.2) is 29.3 Å². The number of nitrogens with zero attached hydrogens (tertiary/aromatic N) is 2. The average molecular weight is 186 g/mol. The molecule has 0 aliphatic carbocycles. The van der Waals surface area contributed by atoms with Gasteiger partial charge in [-0.25, -0.2) is 4.79 Å². The molecule has 0 fully saturated rings. The first kappa shape index (κ1) is 9.85. The summed E-state index contributed by atoms with van der Waals surface area (Å²) in [5.74, 6) is -0.242. The van der Waals surface area contributed by atoms with Crippen molar-refractivity contribution in [1.82, 2.24) is 0 Å². The molecule has 14 heavy (non-hydrogen) atoms. The quantitative estimate of drug-likeness (QED) is 0.410. The fourth-order valence-electron chi connectivity index (χ4n) is 0.948. The molecular formula is C10H6N2O2. The molecule has 0 heterocycles. The van der Waals surface area contributed by atoms with Gasteiger partial charge in [-0.2, -0.15) is 10.3 Å². The second-order valence-corrected chi connectivity index (χ2v) is 2.51. The van der Waals surface area contributed by atoms with E-state index in [9.17, 15) is 9.59 Å². The molecule has 0 aromatic heterocycles. The van der Waals surface area contributed by atoms with E-state index in [0.29, 0.717) is 11.3 Å². The Morgan fingerprint density at radius 2 is 2.00 bits per heavy atom. The van der Waals surface area contributed by atoms with Gasteiger partial charge < -0.3 is 0 Å². The zero-order valence-corrected chi connectivity index (χ0v) is 7.23. The molecule has 0 amide bonds. The maximum atomic E-state index is 11.2. The molecule has 0 saturated heterocycles. The monoisotopic (exact) mass is 186 g/mol. The standard InChI is InChI=1S/C10H6N2O2/c11-6-5-10(14)8-1-3-9(4-2-8)12-7-13/h1-4H,5H2. The van der Waals surface area contributed by atoms with E-state index in [-0.39, 0.29) is 12.2 Å². The van der Waals surface area contributed by atoms with Crippen LogP contribution in [0.25, 0.3) is 0 Å². The summed E-state index contributed by atoms with van der Waals surface area (Å²) in [6.45, 7) is 0. The third-order valence-corrected chi connectivity index (χ3v) is 1.60. The Morgan fingerprint density at radius 1 is 1.36 bits per heavy atom. The van der Waals surface area contributed by atoms with Gasteiger partial charge in [0.15, 0.2) is 5.78 Å². The summed E-state index contributed by atoms with van der Waals surface area (Å²) >= 11 is 0. The molecule has 0 radical (unpaired) electrons. The summed E-state index contributed by atoms with van der Waals surface area (Å²) in [4.78, 5) is 24.4. The Labute approximate surface area is 80.5 Å². The number of ketones is 1. The molecule has 0 spiro atoms. The van der Waals surface area contributed by atoms with E-state index >= 15 is 0 Å². The lowest BCUT2D eigenvalue weighted by molar-refractivity contribution is 0.0998. The first-order valence-corrected chi connectivity index (χ1v) is 3.86. The minimum atomic E-state index is -0.242. The summed E-state index contributed by atoms with van der Waals surface area (Å²) in [5.41, 5.74) is 0.880. The first-order chi connectivity index (χ1) is 6.77. The molecule has 1 aromatic carbocycles. The number of rotatable bonds is 3. The van der Waals surface area contributed by atoms with Crippen LogP contribution >= 0.6 is 0 Å². The van der Waals surface area contributed by atoms with Crippen LogP contribution in [-0.4, -0.2) is 11.9 Å². The molecule has 0 atom stereocenters. The lowest BCUT2D eigenvalue weighted by Crippen LogP contribution is -1.95. The third-order valence-electron chi connectivity index (χ3n) is 1.60. The molecule has 0 aliphatic rings. The Kier molecular flexibility index (Phi) is 3.31. The molecule has 0 aliphatic heterocycles. The van der Waals surface area contributed by atoms with Gasteiger partial charge in [0.05, 0.1) is 18.2 Å². The van der Waals surface area contributed by atoms with E-state index in [4.69, 9.17) is 5.26 Å². The number of nitriles is 1. The number of carbonyl (C=O) groups is 1. The van der Waals surface area contributed by atoms with Crippen molar-refractivity contribution < 1.29 is 9.59 Å². The molecule has 4 heteroatoms. The fraction of sp³-hybridized carbons (Fsp3) is 0.100. The van der Waals surface area contributed by atoms with E-state index in [0.717, 1.165) is 0 Å². The van der Waals surface area contributed by atoms with Crippen LogP contribution in [0, 0.1) is 11.3 Å². The van der Waals surface area contributed by atoms with Crippen molar-refractivity contribution in [1.29, 1.82) is 5.26 Å². The molecule has 1 aromatic rings. The first-order valence-electron chi connectivity index (χ1n) is 3.86. The highest BCUT2D eigenvalue weighted by Crippen LogP contribution is 2.13. The molecule has 0 saturated carbocycles. The third kappa shape index (κ3) is 2.37. The largest absolute Gasteiger partial charge is 0.293 e. The van der Waals surface area contributed by atoms with Crippen LogP contribution in [0.5, 0.6) is 0 Å². The lowest BCUT2D eigenvalue weighted by Gasteiger charge is -1.95. The SMILES string of the molecule is N#CCC(=O)c1ccc(N=C=O)cc1. The van der Waals surface area contributed by atoms with E-state index in [1.54, 1.807) is 6.07 Å². The van der Waals surface area contributed by atoms with Gasteiger partial charge >= 0.3 is 0 Å². The maximum Gasteiger partial charge on any atom is 0.240 e. The predicted octanol–water partition coefficient (Wildman–Crippen LogP) is 1.75. The topological polar surface area (TPSA) is 70.3 Å². The number of hydrogen-bond donors (Lipinski definition) is 0. The van der Waals surface area contributed by atoms with E-state index in [1.165, 1.54) is 30.3 Å². The van der Waals surface area contributed by atoms with Crippen molar-refractivity contribution in [2.24, 2.45) is 4.99 Å². The molecule has 1 rings (SSSR count). The highest BCUT2D eigenvalue weighted by atomic mass is 16.1. The van der Waals surface area contributed by atoms with Crippen LogP contribution in [0.2, 0.25) is 0 Å². The molecule has 0 N–H and O–H groups in total. The van der Waals surface area contributed by atoms with Crippen LogP contribution < -0.4 is 0 Å². The summed E-state index contributed by atoms with van der Waals surface area (Å²) in [6.07, 6.45) is 1.25. The Morgan fingerprint density at radius 3 is 2.50 bits per heavy atom. The van der Waals surface area contributed by atoms with Gasteiger partial charge in [0.2, 0.25) is 6.08 Å². The zero-order chi connectivity index (χ0) is 10.4. The van der Waals surface area contributed by atoms with Crippen molar-refractivity contribution in [3.63, 3.8) is 0 Å². The molecule has 0 bridgehead atoms. The molecule has 0 unspecified atom stereocenters. The summed E-state index contributed by atoms with van der Waals surface area (Å²) in [5, 5.41) is 8.30. The number of benzene rings is 1.